The predicted molar refractivity (Wildman–Crippen MR) is 69.2 cm³/mol. The Bertz CT molecular complexity index is 380. The lowest BCUT2D eigenvalue weighted by Gasteiger charge is -2.17. The number of hydrogen-bond donors (Lipinski definition) is 1. The fourth-order valence-electron chi connectivity index (χ4n) is 1.89. The van der Waals surface area contributed by atoms with E-state index in [1.807, 2.05) is 32.2 Å². The van der Waals surface area contributed by atoms with Crippen LogP contribution in [0.2, 0.25) is 0 Å². The average Bonchev–Trinajstić information content (AvgIpc) is 2.83. The van der Waals surface area contributed by atoms with Gasteiger partial charge in [-0.25, -0.2) is 4.98 Å². The Morgan fingerprint density at radius 2 is 2.06 bits per heavy atom. The van der Waals surface area contributed by atoms with Crippen molar-refractivity contribution in [3.05, 3.63) is 18.3 Å². The second-order valence-electron chi connectivity index (χ2n) is 4.74. The van der Waals surface area contributed by atoms with Crippen LogP contribution in [0.1, 0.15) is 26.7 Å². The van der Waals surface area contributed by atoms with Gasteiger partial charge in [0.25, 0.3) is 0 Å². The van der Waals surface area contributed by atoms with Crippen molar-refractivity contribution >= 4 is 17.4 Å². The van der Waals surface area contributed by atoms with E-state index in [4.69, 9.17) is 0 Å². The maximum atomic E-state index is 11.5. The van der Waals surface area contributed by atoms with Crippen LogP contribution in [-0.4, -0.2) is 24.0 Å². The molecule has 1 aliphatic heterocycles. The third kappa shape index (κ3) is 2.96. The maximum Gasteiger partial charge on any atom is 0.228 e. The molecule has 0 spiro atoms. The number of nitrogens with one attached hydrogen (secondary N) is 1. The molecule has 2 heterocycles. The Morgan fingerprint density at radius 3 is 2.59 bits per heavy atom. The highest BCUT2D eigenvalue weighted by Crippen LogP contribution is 2.20. The van der Waals surface area contributed by atoms with Gasteiger partial charge in [0, 0.05) is 19.0 Å². The van der Waals surface area contributed by atoms with Crippen LogP contribution >= 0.6 is 0 Å². The zero-order valence-electron chi connectivity index (χ0n) is 10.4. The molecule has 0 bridgehead atoms. The van der Waals surface area contributed by atoms with E-state index in [2.05, 4.69) is 15.2 Å². The lowest BCUT2D eigenvalue weighted by atomic mass is 10.2. The van der Waals surface area contributed by atoms with E-state index in [1.54, 1.807) is 0 Å². The highest BCUT2D eigenvalue weighted by atomic mass is 16.1. The van der Waals surface area contributed by atoms with Crippen LogP contribution in [0.5, 0.6) is 0 Å². The fourth-order valence-corrected chi connectivity index (χ4v) is 1.89. The number of anilines is 2. The summed E-state index contributed by atoms with van der Waals surface area (Å²) in [6.07, 6.45) is 4.35. The van der Waals surface area contributed by atoms with Gasteiger partial charge in [0.2, 0.25) is 5.91 Å². The van der Waals surface area contributed by atoms with Crippen LogP contribution in [0.25, 0.3) is 0 Å². The zero-order chi connectivity index (χ0) is 12.3. The van der Waals surface area contributed by atoms with Gasteiger partial charge in [0.1, 0.15) is 5.82 Å². The summed E-state index contributed by atoms with van der Waals surface area (Å²) in [4.78, 5) is 18.1. The van der Waals surface area contributed by atoms with Crippen LogP contribution in [-0.2, 0) is 4.79 Å². The summed E-state index contributed by atoms with van der Waals surface area (Å²) in [6.45, 7) is 5.96. The van der Waals surface area contributed by atoms with E-state index in [0.29, 0.717) is 5.82 Å². The highest BCUT2D eigenvalue weighted by Gasteiger charge is 2.13. The van der Waals surface area contributed by atoms with Crippen LogP contribution in [0.4, 0.5) is 11.5 Å². The van der Waals surface area contributed by atoms with E-state index in [0.717, 1.165) is 18.8 Å². The topological polar surface area (TPSA) is 45.2 Å². The first kappa shape index (κ1) is 11.9. The number of pyridine rings is 1. The van der Waals surface area contributed by atoms with Crippen molar-refractivity contribution in [3.63, 3.8) is 0 Å². The minimum Gasteiger partial charge on any atom is -0.370 e. The highest BCUT2D eigenvalue weighted by molar-refractivity contribution is 5.91. The van der Waals surface area contributed by atoms with Gasteiger partial charge in [-0.3, -0.25) is 4.79 Å². The smallest absolute Gasteiger partial charge is 0.228 e. The molecule has 0 saturated carbocycles. The molecule has 0 atom stereocenters. The summed E-state index contributed by atoms with van der Waals surface area (Å²) in [7, 11) is 0. The van der Waals surface area contributed by atoms with Crippen LogP contribution in [0, 0.1) is 5.92 Å². The van der Waals surface area contributed by atoms with Crippen molar-refractivity contribution in [2.75, 3.05) is 23.3 Å². The van der Waals surface area contributed by atoms with E-state index in [9.17, 15) is 4.79 Å². The largest absolute Gasteiger partial charge is 0.370 e. The normalized spacial score (nSPS) is 15.4. The van der Waals surface area contributed by atoms with E-state index in [-0.39, 0.29) is 11.8 Å². The number of hydrogen-bond acceptors (Lipinski definition) is 3. The monoisotopic (exact) mass is 233 g/mol. The Labute approximate surface area is 102 Å². The van der Waals surface area contributed by atoms with Crippen molar-refractivity contribution in [1.29, 1.82) is 0 Å². The molecule has 92 valence electrons. The summed E-state index contributed by atoms with van der Waals surface area (Å²) in [5.41, 5.74) is 1.14. The third-order valence-electron chi connectivity index (χ3n) is 2.99. The van der Waals surface area contributed by atoms with Gasteiger partial charge < -0.3 is 10.2 Å². The van der Waals surface area contributed by atoms with Crippen molar-refractivity contribution in [2.45, 2.75) is 26.7 Å². The maximum absolute atomic E-state index is 11.5. The lowest BCUT2D eigenvalue weighted by molar-refractivity contribution is -0.118. The van der Waals surface area contributed by atoms with E-state index < -0.39 is 0 Å². The molecule has 0 aromatic carbocycles. The van der Waals surface area contributed by atoms with Crippen molar-refractivity contribution in [3.8, 4) is 0 Å². The molecule has 0 unspecified atom stereocenters. The first-order valence-electron chi connectivity index (χ1n) is 6.18. The molecule has 1 N–H and O–H groups in total. The van der Waals surface area contributed by atoms with Crippen molar-refractivity contribution in [1.82, 2.24) is 4.98 Å². The number of carbonyl (C=O) groups excluding carboxylic acids is 1. The van der Waals surface area contributed by atoms with E-state index >= 15 is 0 Å². The fraction of sp³-hybridized carbons (Fsp3) is 0.538. The van der Waals surface area contributed by atoms with E-state index in [1.165, 1.54) is 12.8 Å². The summed E-state index contributed by atoms with van der Waals surface area (Å²) in [5, 5.41) is 2.79. The molecule has 17 heavy (non-hydrogen) atoms. The number of rotatable bonds is 3. The minimum absolute atomic E-state index is 0.00595. The predicted octanol–water partition coefficient (Wildman–Crippen LogP) is 2.28. The van der Waals surface area contributed by atoms with Gasteiger partial charge in [-0.15, -0.1) is 0 Å². The molecule has 0 radical (unpaired) electrons. The molecule has 4 nitrogen and oxygen atoms in total. The molecule has 4 heteroatoms. The molecule has 1 amide bonds. The molecular weight excluding hydrogens is 214 g/mol. The Hall–Kier alpha value is -1.58. The molecule has 1 saturated heterocycles. The first-order chi connectivity index (χ1) is 8.16. The van der Waals surface area contributed by atoms with Crippen LogP contribution in [0.15, 0.2) is 18.3 Å². The van der Waals surface area contributed by atoms with Gasteiger partial charge in [-0.05, 0) is 25.0 Å². The summed E-state index contributed by atoms with van der Waals surface area (Å²) >= 11 is 0. The van der Waals surface area contributed by atoms with Gasteiger partial charge in [-0.2, -0.15) is 0 Å². The molecule has 1 aromatic heterocycles. The van der Waals surface area contributed by atoms with Crippen LogP contribution < -0.4 is 10.2 Å². The number of carbonyl (C=O) groups is 1. The third-order valence-corrected chi connectivity index (χ3v) is 2.99. The number of nitrogens with zero attached hydrogens (tertiary/aromatic N) is 2. The molecule has 1 fully saturated rings. The summed E-state index contributed by atoms with van der Waals surface area (Å²) < 4.78 is 0. The van der Waals surface area contributed by atoms with Gasteiger partial charge >= 0.3 is 0 Å². The first-order valence-corrected chi connectivity index (χ1v) is 6.18. The standard InChI is InChI=1S/C13H19N3O/c1-10(2)13(17)15-12-6-5-11(9-14-12)16-7-3-4-8-16/h5-6,9-10H,3-4,7-8H2,1-2H3,(H,14,15,17). The average molecular weight is 233 g/mol. The van der Waals surface area contributed by atoms with Gasteiger partial charge in [0.05, 0.1) is 11.9 Å². The quantitative estimate of drug-likeness (QED) is 0.871. The molecule has 1 aliphatic rings. The SMILES string of the molecule is CC(C)C(=O)Nc1ccc(N2CCCC2)cn1. The Balaban J connectivity index is 2.00. The summed E-state index contributed by atoms with van der Waals surface area (Å²) in [5.74, 6) is 0.619. The zero-order valence-corrected chi connectivity index (χ0v) is 10.4. The van der Waals surface area contributed by atoms with Crippen LogP contribution in [0.3, 0.4) is 0 Å². The minimum atomic E-state index is -0.0185. The lowest BCUT2D eigenvalue weighted by Crippen LogP contribution is -2.20. The molecule has 2 rings (SSSR count). The van der Waals surface area contributed by atoms with Gasteiger partial charge in [-0.1, -0.05) is 13.8 Å². The Kier molecular flexibility index (Phi) is 3.61. The Morgan fingerprint density at radius 1 is 1.35 bits per heavy atom. The van der Waals surface area contributed by atoms with Crippen molar-refractivity contribution in [2.24, 2.45) is 5.92 Å². The number of aromatic nitrogens is 1. The molecular formula is C13H19N3O. The second-order valence-corrected chi connectivity index (χ2v) is 4.74. The number of amides is 1. The second kappa shape index (κ2) is 5.17. The summed E-state index contributed by atoms with van der Waals surface area (Å²) in [6, 6.07) is 3.89. The molecule has 1 aromatic rings. The molecule has 0 aliphatic carbocycles. The van der Waals surface area contributed by atoms with Gasteiger partial charge in [0.15, 0.2) is 0 Å². The van der Waals surface area contributed by atoms with Crippen molar-refractivity contribution < 1.29 is 4.79 Å².